The first kappa shape index (κ1) is 13.3. The van der Waals surface area contributed by atoms with E-state index in [9.17, 15) is 4.79 Å². The zero-order valence-corrected chi connectivity index (χ0v) is 10.9. The van der Waals surface area contributed by atoms with Crippen molar-refractivity contribution in [2.75, 3.05) is 13.2 Å². The standard InChI is InChI=1S/C16H17NO2/c1-12-11-14(19-10-9-17)7-8-15(12)16(18)13-5-3-2-4-6-13/h2-8,11H,9-10,17H2,1H3. The molecule has 19 heavy (non-hydrogen) atoms. The molecule has 3 heteroatoms. The molecule has 0 heterocycles. The summed E-state index contributed by atoms with van der Waals surface area (Å²) in [5.74, 6) is 0.774. The Labute approximate surface area is 113 Å². The second-order valence-electron chi connectivity index (χ2n) is 4.31. The quantitative estimate of drug-likeness (QED) is 0.835. The van der Waals surface area contributed by atoms with Crippen LogP contribution >= 0.6 is 0 Å². The number of hydrogen-bond acceptors (Lipinski definition) is 3. The van der Waals surface area contributed by atoms with Gasteiger partial charge in [0.1, 0.15) is 12.4 Å². The van der Waals surface area contributed by atoms with Crippen LogP contribution in [0.1, 0.15) is 21.5 Å². The molecular weight excluding hydrogens is 238 g/mol. The SMILES string of the molecule is Cc1cc(OCCN)ccc1C(=O)c1ccccc1. The Balaban J connectivity index is 2.24. The molecule has 0 atom stereocenters. The minimum atomic E-state index is 0.0310. The number of rotatable bonds is 5. The van der Waals surface area contributed by atoms with E-state index in [1.54, 1.807) is 12.1 Å². The molecule has 0 bridgehead atoms. The number of nitrogens with two attached hydrogens (primary N) is 1. The smallest absolute Gasteiger partial charge is 0.193 e. The highest BCUT2D eigenvalue weighted by molar-refractivity contribution is 6.09. The third-order valence-corrected chi connectivity index (χ3v) is 2.87. The zero-order valence-electron chi connectivity index (χ0n) is 10.9. The lowest BCUT2D eigenvalue weighted by molar-refractivity contribution is 0.103. The van der Waals surface area contributed by atoms with Gasteiger partial charge in [-0.05, 0) is 30.7 Å². The lowest BCUT2D eigenvalue weighted by Crippen LogP contribution is -2.11. The van der Waals surface area contributed by atoms with Crippen LogP contribution in [0.15, 0.2) is 48.5 Å². The molecule has 0 saturated carbocycles. The number of aryl methyl sites for hydroxylation is 1. The molecule has 0 aliphatic carbocycles. The van der Waals surface area contributed by atoms with Gasteiger partial charge in [0.2, 0.25) is 0 Å². The fraction of sp³-hybridized carbons (Fsp3) is 0.188. The molecule has 0 radical (unpaired) electrons. The van der Waals surface area contributed by atoms with Gasteiger partial charge in [-0.2, -0.15) is 0 Å². The van der Waals surface area contributed by atoms with Crippen molar-refractivity contribution in [2.24, 2.45) is 5.73 Å². The number of ketones is 1. The largest absolute Gasteiger partial charge is 0.492 e. The Morgan fingerprint density at radius 2 is 1.89 bits per heavy atom. The molecule has 0 unspecified atom stereocenters. The lowest BCUT2D eigenvalue weighted by atomic mass is 9.99. The van der Waals surface area contributed by atoms with Gasteiger partial charge < -0.3 is 10.5 Å². The summed E-state index contributed by atoms with van der Waals surface area (Å²) < 4.78 is 5.44. The van der Waals surface area contributed by atoms with Gasteiger partial charge >= 0.3 is 0 Å². The molecule has 0 aliphatic rings. The maximum Gasteiger partial charge on any atom is 0.193 e. The lowest BCUT2D eigenvalue weighted by Gasteiger charge is -2.09. The van der Waals surface area contributed by atoms with E-state index in [4.69, 9.17) is 10.5 Å². The Hall–Kier alpha value is -2.13. The summed E-state index contributed by atoms with van der Waals surface area (Å²) in [5, 5.41) is 0. The first-order chi connectivity index (χ1) is 9.22. The highest BCUT2D eigenvalue weighted by Gasteiger charge is 2.11. The van der Waals surface area contributed by atoms with E-state index >= 15 is 0 Å². The minimum Gasteiger partial charge on any atom is -0.492 e. The van der Waals surface area contributed by atoms with E-state index in [0.717, 1.165) is 11.3 Å². The molecular formula is C16H17NO2. The van der Waals surface area contributed by atoms with E-state index in [-0.39, 0.29) is 5.78 Å². The van der Waals surface area contributed by atoms with Gasteiger partial charge in [-0.1, -0.05) is 30.3 Å². The summed E-state index contributed by atoms with van der Waals surface area (Å²) in [5.41, 5.74) is 7.69. The van der Waals surface area contributed by atoms with Crippen molar-refractivity contribution < 1.29 is 9.53 Å². The van der Waals surface area contributed by atoms with Crippen LogP contribution in [0.2, 0.25) is 0 Å². The first-order valence-electron chi connectivity index (χ1n) is 6.25. The Morgan fingerprint density at radius 3 is 2.53 bits per heavy atom. The summed E-state index contributed by atoms with van der Waals surface area (Å²) in [6.07, 6.45) is 0. The maximum atomic E-state index is 12.3. The van der Waals surface area contributed by atoms with Gasteiger partial charge in [-0.3, -0.25) is 4.79 Å². The van der Waals surface area contributed by atoms with Crippen LogP contribution in [0.3, 0.4) is 0 Å². The van der Waals surface area contributed by atoms with Gasteiger partial charge in [-0.15, -0.1) is 0 Å². The number of hydrogen-bond donors (Lipinski definition) is 1. The fourth-order valence-electron chi connectivity index (χ4n) is 1.90. The topological polar surface area (TPSA) is 52.3 Å². The summed E-state index contributed by atoms with van der Waals surface area (Å²) >= 11 is 0. The molecule has 0 aliphatic heterocycles. The van der Waals surface area contributed by atoms with E-state index < -0.39 is 0 Å². The number of benzene rings is 2. The van der Waals surface area contributed by atoms with Crippen LogP contribution in [-0.2, 0) is 0 Å². The summed E-state index contributed by atoms with van der Waals surface area (Å²) in [6.45, 7) is 2.86. The summed E-state index contributed by atoms with van der Waals surface area (Å²) in [4.78, 5) is 12.3. The maximum absolute atomic E-state index is 12.3. The third kappa shape index (κ3) is 3.20. The Bertz CT molecular complexity index is 564. The van der Waals surface area contributed by atoms with E-state index in [2.05, 4.69) is 0 Å². The average Bonchev–Trinajstić information content (AvgIpc) is 2.45. The predicted octanol–water partition coefficient (Wildman–Crippen LogP) is 2.56. The van der Waals surface area contributed by atoms with Gasteiger partial charge in [0.15, 0.2) is 5.78 Å². The molecule has 2 N–H and O–H groups in total. The van der Waals surface area contributed by atoms with E-state index in [1.807, 2.05) is 43.3 Å². The molecule has 0 saturated heterocycles. The van der Waals surface area contributed by atoms with E-state index in [0.29, 0.717) is 24.3 Å². The van der Waals surface area contributed by atoms with Gasteiger partial charge in [-0.25, -0.2) is 0 Å². The fourth-order valence-corrected chi connectivity index (χ4v) is 1.90. The molecule has 98 valence electrons. The van der Waals surface area contributed by atoms with Crippen LogP contribution in [0, 0.1) is 6.92 Å². The highest BCUT2D eigenvalue weighted by Crippen LogP contribution is 2.20. The molecule has 0 spiro atoms. The van der Waals surface area contributed by atoms with Crippen molar-refractivity contribution in [3.05, 3.63) is 65.2 Å². The van der Waals surface area contributed by atoms with Crippen LogP contribution in [-0.4, -0.2) is 18.9 Å². The molecule has 2 rings (SSSR count). The van der Waals surface area contributed by atoms with Crippen LogP contribution in [0.25, 0.3) is 0 Å². The highest BCUT2D eigenvalue weighted by atomic mass is 16.5. The third-order valence-electron chi connectivity index (χ3n) is 2.87. The van der Waals surface area contributed by atoms with Crippen LogP contribution < -0.4 is 10.5 Å². The normalized spacial score (nSPS) is 10.2. The van der Waals surface area contributed by atoms with Gasteiger partial charge in [0.25, 0.3) is 0 Å². The van der Waals surface area contributed by atoms with Crippen LogP contribution in [0.5, 0.6) is 5.75 Å². The van der Waals surface area contributed by atoms with Gasteiger partial charge in [0, 0.05) is 17.7 Å². The van der Waals surface area contributed by atoms with Crippen molar-refractivity contribution in [3.63, 3.8) is 0 Å². The second-order valence-corrected chi connectivity index (χ2v) is 4.31. The van der Waals surface area contributed by atoms with Gasteiger partial charge in [0.05, 0.1) is 0 Å². The molecule has 0 amide bonds. The number of carbonyl (C=O) groups excluding carboxylic acids is 1. The Morgan fingerprint density at radius 1 is 1.16 bits per heavy atom. The molecule has 0 fully saturated rings. The summed E-state index contributed by atoms with van der Waals surface area (Å²) in [7, 11) is 0. The zero-order chi connectivity index (χ0) is 13.7. The van der Waals surface area contributed by atoms with Crippen molar-refractivity contribution in [2.45, 2.75) is 6.92 Å². The predicted molar refractivity (Wildman–Crippen MR) is 75.6 cm³/mol. The molecule has 3 nitrogen and oxygen atoms in total. The molecule has 2 aromatic carbocycles. The first-order valence-corrected chi connectivity index (χ1v) is 6.25. The monoisotopic (exact) mass is 255 g/mol. The van der Waals surface area contributed by atoms with Crippen molar-refractivity contribution in [1.82, 2.24) is 0 Å². The Kier molecular flexibility index (Phi) is 4.31. The minimum absolute atomic E-state index is 0.0310. The van der Waals surface area contributed by atoms with Crippen molar-refractivity contribution in [1.29, 1.82) is 0 Å². The van der Waals surface area contributed by atoms with E-state index in [1.165, 1.54) is 0 Å². The molecule has 0 aromatic heterocycles. The average molecular weight is 255 g/mol. The number of ether oxygens (including phenoxy) is 1. The van der Waals surface area contributed by atoms with Crippen molar-refractivity contribution >= 4 is 5.78 Å². The second kappa shape index (κ2) is 6.16. The number of carbonyl (C=O) groups is 1. The van der Waals surface area contributed by atoms with Crippen LogP contribution in [0.4, 0.5) is 0 Å². The van der Waals surface area contributed by atoms with Crippen molar-refractivity contribution in [3.8, 4) is 5.75 Å². The summed E-state index contributed by atoms with van der Waals surface area (Å²) in [6, 6.07) is 14.7. The molecule has 2 aromatic rings.